The monoisotopic (exact) mass is 706 g/mol. The summed E-state index contributed by atoms with van der Waals surface area (Å²) in [4.78, 5) is 14.2. The minimum atomic E-state index is -2.86. The minimum absolute atomic E-state index is 0.0924. The molecule has 1 unspecified atom stereocenters. The Morgan fingerprint density at radius 3 is 2.40 bits per heavy atom. The van der Waals surface area contributed by atoms with E-state index in [9.17, 15) is 18.3 Å². The summed E-state index contributed by atoms with van der Waals surface area (Å²) in [5.74, 6) is 2.74. The zero-order valence-electron chi connectivity index (χ0n) is 32.0. The average molecular weight is 707 g/mol. The summed E-state index contributed by atoms with van der Waals surface area (Å²) in [6, 6.07) is 0.229. The van der Waals surface area contributed by atoms with E-state index >= 15 is 0 Å². The molecular formula is C43H66N2O4S. The van der Waals surface area contributed by atoms with Gasteiger partial charge in [0.1, 0.15) is 0 Å². The van der Waals surface area contributed by atoms with Crippen LogP contribution in [0.3, 0.4) is 0 Å². The van der Waals surface area contributed by atoms with E-state index in [1.165, 1.54) is 68.1 Å². The third-order valence-electron chi connectivity index (χ3n) is 18.0. The van der Waals surface area contributed by atoms with Crippen molar-refractivity contribution in [3.05, 3.63) is 35.5 Å². The molecule has 2 saturated heterocycles. The van der Waals surface area contributed by atoms with Crippen LogP contribution in [0.1, 0.15) is 125 Å². The lowest BCUT2D eigenvalue weighted by atomic mass is 9.33. The summed E-state index contributed by atoms with van der Waals surface area (Å²) in [5.41, 5.74) is 5.47. The van der Waals surface area contributed by atoms with Gasteiger partial charge < -0.3 is 10.4 Å². The van der Waals surface area contributed by atoms with Gasteiger partial charge in [0.05, 0.1) is 16.9 Å². The van der Waals surface area contributed by atoms with Gasteiger partial charge in [-0.15, -0.1) is 0 Å². The van der Waals surface area contributed by atoms with Crippen molar-refractivity contribution < 1.29 is 18.3 Å². The smallest absolute Gasteiger partial charge is 0.306 e. The minimum Gasteiger partial charge on any atom is -0.481 e. The SMILES string of the molecule is C=C(C)[C@@H]1CC[C@]2(NCCN3C[C@@H]4CC3CS4(=O)=O)CC[C@]3(C)[C@H](CC[C@@H]4[C@@]5(C)CC=C(C6=CC[C@@H](C(=O)O)CC6)C(C)(C)[C@@H]5CC[C@]43C)[C@@H]12. The molecule has 0 spiro atoms. The Morgan fingerprint density at radius 2 is 1.76 bits per heavy atom. The number of nitrogens with one attached hydrogen (secondary N) is 1. The maximum atomic E-state index is 12.4. The molecule has 12 atom stereocenters. The highest BCUT2D eigenvalue weighted by molar-refractivity contribution is 7.92. The number of aliphatic carboxylic acids is 1. The Balaban J connectivity index is 1.04. The summed E-state index contributed by atoms with van der Waals surface area (Å²) >= 11 is 0. The molecule has 2 N–H and O–H groups in total. The van der Waals surface area contributed by atoms with E-state index in [4.69, 9.17) is 0 Å². The van der Waals surface area contributed by atoms with Gasteiger partial charge in [0.25, 0.3) is 0 Å². The van der Waals surface area contributed by atoms with E-state index in [0.717, 1.165) is 45.3 Å². The molecule has 0 aromatic rings. The molecule has 4 saturated carbocycles. The first-order valence-electron chi connectivity index (χ1n) is 20.5. The second-order valence-electron chi connectivity index (χ2n) is 20.2. The fraction of sp³-hybridized carbons (Fsp3) is 0.837. The van der Waals surface area contributed by atoms with Crippen LogP contribution < -0.4 is 5.32 Å². The standard InChI is InChI=1S/C43H66N2O4S/c1-27(2)32-14-19-43(44-22-23-45-25-31-24-30(45)26-50(31,48)49)21-20-41(6)34(37(32)43)12-13-36-40(5)17-15-33(28-8-10-29(11-9-28)38(46)47)39(3,4)35(40)16-18-42(36,41)7/h8,15,29-32,34-37,44H,1,9-14,16-26H2,2-7H3,(H,46,47)/t29-,30?,31+,32+,34-,35+,36-,37-,40+,41-,42-,43+/m1/s1. The lowest BCUT2D eigenvalue weighted by Crippen LogP contribution is -2.68. The van der Waals surface area contributed by atoms with Crippen molar-refractivity contribution >= 4 is 15.8 Å². The second-order valence-corrected chi connectivity index (χ2v) is 22.5. The van der Waals surface area contributed by atoms with Crippen LogP contribution >= 0.6 is 0 Å². The molecule has 7 heteroatoms. The van der Waals surface area contributed by atoms with Crippen LogP contribution in [-0.2, 0) is 14.6 Å². The van der Waals surface area contributed by atoms with Crippen LogP contribution in [0.25, 0.3) is 0 Å². The van der Waals surface area contributed by atoms with Crippen LogP contribution in [0.4, 0.5) is 0 Å². The number of carbonyl (C=O) groups is 1. The van der Waals surface area contributed by atoms with Crippen molar-refractivity contribution in [3.8, 4) is 0 Å². The Labute approximate surface area is 303 Å². The molecule has 0 aromatic carbocycles. The maximum absolute atomic E-state index is 12.4. The van der Waals surface area contributed by atoms with Crippen LogP contribution in [0.5, 0.6) is 0 Å². The Hall–Kier alpha value is -1.44. The number of carboxylic acids is 1. The van der Waals surface area contributed by atoms with Gasteiger partial charge in [0.15, 0.2) is 9.84 Å². The van der Waals surface area contributed by atoms with Crippen LogP contribution in [0, 0.1) is 57.2 Å². The number of sulfone groups is 1. The molecule has 8 rings (SSSR count). The molecule has 2 heterocycles. The zero-order chi connectivity index (χ0) is 35.6. The van der Waals surface area contributed by atoms with Crippen molar-refractivity contribution in [2.24, 2.45) is 57.2 Å². The summed E-state index contributed by atoms with van der Waals surface area (Å²) in [5, 5.41) is 13.7. The highest BCUT2D eigenvalue weighted by Gasteiger charge is 2.70. The predicted molar refractivity (Wildman–Crippen MR) is 201 cm³/mol. The summed E-state index contributed by atoms with van der Waals surface area (Å²) in [6.45, 7) is 22.7. The first-order chi connectivity index (χ1) is 23.5. The molecule has 0 aromatic heterocycles. The Kier molecular flexibility index (Phi) is 8.38. The molecule has 2 aliphatic heterocycles. The molecule has 0 radical (unpaired) electrons. The molecule has 2 bridgehead atoms. The third-order valence-corrected chi connectivity index (χ3v) is 20.3. The number of rotatable bonds is 7. The van der Waals surface area contributed by atoms with E-state index < -0.39 is 15.8 Å². The molecule has 6 fully saturated rings. The number of fused-ring (bicyclic) bond motifs is 9. The molecule has 50 heavy (non-hydrogen) atoms. The van der Waals surface area contributed by atoms with Crippen molar-refractivity contribution in [1.29, 1.82) is 0 Å². The number of hydrogen-bond donors (Lipinski definition) is 2. The first kappa shape index (κ1) is 35.6. The van der Waals surface area contributed by atoms with E-state index in [0.29, 0.717) is 52.6 Å². The molecule has 0 amide bonds. The number of nitrogens with zero attached hydrogens (tertiary/aromatic N) is 1. The molecule has 8 aliphatic rings. The fourth-order valence-electron chi connectivity index (χ4n) is 15.4. The van der Waals surface area contributed by atoms with Crippen molar-refractivity contribution in [3.63, 3.8) is 0 Å². The molecule has 6 nitrogen and oxygen atoms in total. The number of likely N-dealkylation sites (tertiary alicyclic amines) is 1. The highest BCUT2D eigenvalue weighted by Crippen LogP contribution is 2.76. The topological polar surface area (TPSA) is 86.7 Å². The first-order valence-corrected chi connectivity index (χ1v) is 22.2. The van der Waals surface area contributed by atoms with Crippen molar-refractivity contribution in [2.75, 3.05) is 25.4 Å². The summed E-state index contributed by atoms with van der Waals surface area (Å²) in [6.07, 6.45) is 19.5. The predicted octanol–water partition coefficient (Wildman–Crippen LogP) is 8.20. The van der Waals surface area contributed by atoms with Crippen LogP contribution in [0.2, 0.25) is 0 Å². The highest BCUT2D eigenvalue weighted by atomic mass is 32.2. The number of carboxylic acid groups (broad SMARTS) is 1. The Morgan fingerprint density at radius 1 is 0.980 bits per heavy atom. The quantitative estimate of drug-likeness (QED) is 0.260. The van der Waals surface area contributed by atoms with Crippen LogP contribution in [-0.4, -0.2) is 66.6 Å². The summed E-state index contributed by atoms with van der Waals surface area (Å²) < 4.78 is 24.8. The fourth-order valence-corrected chi connectivity index (χ4v) is 17.5. The molecular weight excluding hydrogens is 641 g/mol. The lowest BCUT2D eigenvalue weighted by molar-refractivity contribution is -0.221. The van der Waals surface area contributed by atoms with Crippen LogP contribution in [0.15, 0.2) is 35.5 Å². The van der Waals surface area contributed by atoms with E-state index in [1.54, 1.807) is 0 Å². The number of hydrogen-bond acceptors (Lipinski definition) is 5. The van der Waals surface area contributed by atoms with E-state index in [-0.39, 0.29) is 33.6 Å². The van der Waals surface area contributed by atoms with Gasteiger partial charge in [-0.1, -0.05) is 58.9 Å². The normalized spacial score (nSPS) is 48.8. The van der Waals surface area contributed by atoms with Gasteiger partial charge in [-0.2, -0.15) is 0 Å². The zero-order valence-corrected chi connectivity index (χ0v) is 32.8. The van der Waals surface area contributed by atoms with Crippen molar-refractivity contribution in [1.82, 2.24) is 10.2 Å². The van der Waals surface area contributed by atoms with Gasteiger partial charge in [-0.05, 0) is 153 Å². The molecule has 6 aliphatic carbocycles. The van der Waals surface area contributed by atoms with Gasteiger partial charge in [-0.25, -0.2) is 8.42 Å². The van der Waals surface area contributed by atoms with Gasteiger partial charge in [0, 0.05) is 31.2 Å². The largest absolute Gasteiger partial charge is 0.481 e. The maximum Gasteiger partial charge on any atom is 0.306 e. The second kappa shape index (κ2) is 11.8. The Bertz CT molecular complexity index is 1610. The van der Waals surface area contributed by atoms with E-state index in [1.807, 2.05) is 0 Å². The summed E-state index contributed by atoms with van der Waals surface area (Å²) in [7, 11) is -2.86. The molecule has 278 valence electrons. The van der Waals surface area contributed by atoms with E-state index in [2.05, 4.69) is 70.5 Å². The number of allylic oxidation sites excluding steroid dienone is 5. The average Bonchev–Trinajstić information content (AvgIpc) is 3.72. The van der Waals surface area contributed by atoms with Gasteiger partial charge in [-0.3, -0.25) is 9.69 Å². The van der Waals surface area contributed by atoms with Gasteiger partial charge >= 0.3 is 5.97 Å². The van der Waals surface area contributed by atoms with Gasteiger partial charge in [0.2, 0.25) is 0 Å². The third kappa shape index (κ3) is 4.96. The van der Waals surface area contributed by atoms with Crippen molar-refractivity contribution in [2.45, 2.75) is 142 Å². The lowest BCUT2D eigenvalue weighted by Gasteiger charge is -2.72.